The first kappa shape index (κ1) is 33.6. The van der Waals surface area contributed by atoms with Gasteiger partial charge in [0.25, 0.3) is 0 Å². The molecular formula is C37H43NO7. The molecule has 3 N–H and O–H groups in total. The molecule has 0 saturated carbocycles. The van der Waals surface area contributed by atoms with Gasteiger partial charge in [0, 0.05) is 24.2 Å². The standard InChI is InChI=1S/C37H43NO7/c1-3-4-5-12-22-45-24-31-37(36(43)44,21-20-30(26-14-8-6-9-15-26)27-16-10-7-11-17-27)33(32(35(41)42)25(2)38-31)28-18-13-19-29(23-28)34(39)40/h6-11,13-19,23,30-33H,3-5,12,20-22,24H2,1-2H3,(H,39,40)(H,41,42)(H,43,44). The van der Waals surface area contributed by atoms with E-state index in [9.17, 15) is 29.7 Å². The topological polar surface area (TPSA) is 133 Å². The lowest BCUT2D eigenvalue weighted by atomic mass is 9.57. The Morgan fingerprint density at radius 2 is 1.51 bits per heavy atom. The number of nitrogens with zero attached hydrogens (tertiary/aromatic N) is 1. The molecule has 0 bridgehead atoms. The second-order valence-corrected chi connectivity index (χ2v) is 11.9. The normalized spacial score (nSPS) is 21.3. The number of aliphatic carboxylic acids is 2. The maximum absolute atomic E-state index is 13.8. The largest absolute Gasteiger partial charge is 0.481 e. The van der Waals surface area contributed by atoms with Crippen molar-refractivity contribution >= 4 is 23.6 Å². The number of aromatic carboxylic acids is 1. The zero-order valence-corrected chi connectivity index (χ0v) is 26.0. The van der Waals surface area contributed by atoms with Crippen molar-refractivity contribution in [1.29, 1.82) is 0 Å². The number of hydrogen-bond acceptors (Lipinski definition) is 5. The third-order valence-electron chi connectivity index (χ3n) is 9.12. The van der Waals surface area contributed by atoms with Gasteiger partial charge in [0.2, 0.25) is 0 Å². The van der Waals surface area contributed by atoms with Gasteiger partial charge < -0.3 is 20.1 Å². The number of benzene rings is 3. The van der Waals surface area contributed by atoms with Gasteiger partial charge in [-0.3, -0.25) is 14.6 Å². The molecule has 4 rings (SSSR count). The fraction of sp³-hybridized carbons (Fsp3) is 0.405. The van der Waals surface area contributed by atoms with Gasteiger partial charge in [-0.25, -0.2) is 4.79 Å². The van der Waals surface area contributed by atoms with E-state index in [1.54, 1.807) is 19.1 Å². The lowest BCUT2D eigenvalue weighted by Crippen LogP contribution is -2.56. The van der Waals surface area contributed by atoms with Crippen molar-refractivity contribution in [2.24, 2.45) is 16.3 Å². The molecule has 4 unspecified atom stereocenters. The molecule has 0 spiro atoms. The highest BCUT2D eigenvalue weighted by Crippen LogP contribution is 2.53. The maximum atomic E-state index is 13.8. The zero-order valence-electron chi connectivity index (χ0n) is 26.0. The van der Waals surface area contributed by atoms with Gasteiger partial charge >= 0.3 is 17.9 Å². The van der Waals surface area contributed by atoms with E-state index in [0.717, 1.165) is 36.8 Å². The highest BCUT2D eigenvalue weighted by molar-refractivity contribution is 6.03. The van der Waals surface area contributed by atoms with E-state index in [-0.39, 0.29) is 24.5 Å². The first-order valence-corrected chi connectivity index (χ1v) is 15.7. The van der Waals surface area contributed by atoms with Crippen molar-refractivity contribution in [3.8, 4) is 0 Å². The molecule has 1 aliphatic heterocycles. The summed E-state index contributed by atoms with van der Waals surface area (Å²) in [6.07, 6.45) is 4.45. The smallest absolute Gasteiger partial charge is 0.335 e. The molecule has 0 aliphatic carbocycles. The second-order valence-electron chi connectivity index (χ2n) is 11.9. The van der Waals surface area contributed by atoms with Gasteiger partial charge in [-0.2, -0.15) is 0 Å². The van der Waals surface area contributed by atoms with Crippen molar-refractivity contribution in [2.45, 2.75) is 70.3 Å². The zero-order chi connectivity index (χ0) is 32.4. The molecular weight excluding hydrogens is 570 g/mol. The first-order chi connectivity index (χ1) is 21.7. The van der Waals surface area contributed by atoms with Crippen LogP contribution in [0.15, 0.2) is 89.9 Å². The Morgan fingerprint density at radius 3 is 2.07 bits per heavy atom. The van der Waals surface area contributed by atoms with Crippen LogP contribution in [0.3, 0.4) is 0 Å². The number of carboxylic acids is 3. The summed E-state index contributed by atoms with van der Waals surface area (Å²) in [6.45, 7) is 4.19. The Balaban J connectivity index is 1.85. The van der Waals surface area contributed by atoms with E-state index in [4.69, 9.17) is 9.73 Å². The van der Waals surface area contributed by atoms with Gasteiger partial charge in [0.15, 0.2) is 0 Å². The van der Waals surface area contributed by atoms with Crippen LogP contribution < -0.4 is 0 Å². The van der Waals surface area contributed by atoms with Gasteiger partial charge in [-0.05, 0) is 55.0 Å². The molecule has 3 aromatic carbocycles. The lowest BCUT2D eigenvalue weighted by Gasteiger charge is -2.48. The Morgan fingerprint density at radius 1 is 0.867 bits per heavy atom. The molecule has 0 fully saturated rings. The molecule has 0 aromatic heterocycles. The number of rotatable bonds is 16. The molecule has 1 aliphatic rings. The number of carboxylic acid groups (broad SMARTS) is 3. The number of ether oxygens (including phenoxy) is 1. The van der Waals surface area contributed by atoms with E-state index in [0.29, 0.717) is 24.3 Å². The molecule has 0 amide bonds. The van der Waals surface area contributed by atoms with Gasteiger partial charge in [0.1, 0.15) is 11.3 Å². The van der Waals surface area contributed by atoms with Crippen molar-refractivity contribution < 1.29 is 34.4 Å². The average Bonchev–Trinajstić information content (AvgIpc) is 3.04. The van der Waals surface area contributed by atoms with Gasteiger partial charge in [-0.15, -0.1) is 0 Å². The highest BCUT2D eigenvalue weighted by Gasteiger charge is 2.59. The third-order valence-corrected chi connectivity index (χ3v) is 9.12. The Hall–Kier alpha value is -4.30. The van der Waals surface area contributed by atoms with Crippen LogP contribution in [-0.4, -0.2) is 58.2 Å². The number of hydrogen-bond donors (Lipinski definition) is 3. The molecule has 45 heavy (non-hydrogen) atoms. The summed E-state index contributed by atoms with van der Waals surface area (Å²) >= 11 is 0. The molecule has 8 heteroatoms. The monoisotopic (exact) mass is 613 g/mol. The van der Waals surface area contributed by atoms with E-state index in [2.05, 4.69) is 6.92 Å². The van der Waals surface area contributed by atoms with Crippen LogP contribution in [0.1, 0.15) is 91.3 Å². The fourth-order valence-electron chi connectivity index (χ4n) is 6.86. The van der Waals surface area contributed by atoms with Gasteiger partial charge in [-0.1, -0.05) is 99.0 Å². The predicted molar refractivity (Wildman–Crippen MR) is 173 cm³/mol. The molecule has 0 saturated heterocycles. The highest BCUT2D eigenvalue weighted by atomic mass is 16.5. The third kappa shape index (κ3) is 7.68. The second kappa shape index (κ2) is 15.6. The molecule has 1 heterocycles. The van der Waals surface area contributed by atoms with E-state index in [1.807, 2.05) is 60.7 Å². The van der Waals surface area contributed by atoms with Crippen LogP contribution in [-0.2, 0) is 14.3 Å². The SMILES string of the molecule is CCCCCCOCC1N=C(C)C(C(=O)O)C(c2cccc(C(=O)O)c2)C1(CCC(c1ccccc1)c1ccccc1)C(=O)O. The number of carbonyl (C=O) groups is 3. The summed E-state index contributed by atoms with van der Waals surface area (Å²) in [6, 6.07) is 24.8. The average molecular weight is 614 g/mol. The minimum atomic E-state index is -1.70. The summed E-state index contributed by atoms with van der Waals surface area (Å²) in [5.41, 5.74) is 0.942. The van der Waals surface area contributed by atoms with Crippen molar-refractivity contribution in [3.05, 3.63) is 107 Å². The van der Waals surface area contributed by atoms with Crippen LogP contribution in [0, 0.1) is 11.3 Å². The summed E-state index contributed by atoms with van der Waals surface area (Å²) in [5, 5.41) is 31.6. The minimum Gasteiger partial charge on any atom is -0.481 e. The van der Waals surface area contributed by atoms with E-state index in [1.165, 1.54) is 12.1 Å². The molecule has 3 aromatic rings. The molecule has 8 nitrogen and oxygen atoms in total. The summed E-state index contributed by atoms with van der Waals surface area (Å²) in [5.74, 6) is -6.07. The van der Waals surface area contributed by atoms with Crippen molar-refractivity contribution in [2.75, 3.05) is 13.2 Å². The van der Waals surface area contributed by atoms with Gasteiger partial charge in [0.05, 0.1) is 18.2 Å². The Labute approximate surface area is 264 Å². The number of aliphatic imine (C=N–C) groups is 1. The maximum Gasteiger partial charge on any atom is 0.335 e. The quantitative estimate of drug-likeness (QED) is 0.144. The summed E-state index contributed by atoms with van der Waals surface area (Å²) in [4.78, 5) is 43.4. The van der Waals surface area contributed by atoms with Crippen LogP contribution in [0.25, 0.3) is 0 Å². The van der Waals surface area contributed by atoms with E-state index >= 15 is 0 Å². The Kier molecular flexibility index (Phi) is 11.7. The molecule has 238 valence electrons. The van der Waals surface area contributed by atoms with Crippen molar-refractivity contribution in [3.63, 3.8) is 0 Å². The van der Waals surface area contributed by atoms with Crippen molar-refractivity contribution in [1.82, 2.24) is 0 Å². The van der Waals surface area contributed by atoms with Crippen LogP contribution in [0.2, 0.25) is 0 Å². The fourth-order valence-corrected chi connectivity index (χ4v) is 6.86. The number of unbranched alkanes of at least 4 members (excludes halogenated alkanes) is 3. The van der Waals surface area contributed by atoms with Crippen LogP contribution in [0.5, 0.6) is 0 Å². The molecule has 0 radical (unpaired) electrons. The Bertz CT molecular complexity index is 1430. The first-order valence-electron chi connectivity index (χ1n) is 15.7. The summed E-state index contributed by atoms with van der Waals surface area (Å²) < 4.78 is 6.08. The van der Waals surface area contributed by atoms with Crippen LogP contribution >= 0.6 is 0 Å². The molecule has 4 atom stereocenters. The predicted octanol–water partition coefficient (Wildman–Crippen LogP) is 7.29. The minimum absolute atomic E-state index is 0.0125. The van der Waals surface area contributed by atoms with E-state index < -0.39 is 41.2 Å². The van der Waals surface area contributed by atoms with Crippen LogP contribution in [0.4, 0.5) is 0 Å². The summed E-state index contributed by atoms with van der Waals surface area (Å²) in [7, 11) is 0. The lowest BCUT2D eigenvalue weighted by molar-refractivity contribution is -0.158.